The summed E-state index contributed by atoms with van der Waals surface area (Å²) >= 11 is 0. The van der Waals surface area contributed by atoms with Crippen molar-refractivity contribution in [2.75, 3.05) is 32.1 Å². The summed E-state index contributed by atoms with van der Waals surface area (Å²) in [6.45, 7) is 6.51. The van der Waals surface area contributed by atoms with E-state index in [9.17, 15) is 4.79 Å². The average molecular weight is 293 g/mol. The van der Waals surface area contributed by atoms with Crippen LogP contribution in [-0.2, 0) is 4.74 Å². The molecule has 5 nitrogen and oxygen atoms in total. The highest BCUT2D eigenvalue weighted by molar-refractivity contribution is 5.89. The summed E-state index contributed by atoms with van der Waals surface area (Å²) in [6.07, 6.45) is 1.91. The highest BCUT2D eigenvalue weighted by atomic mass is 16.5. The van der Waals surface area contributed by atoms with Crippen molar-refractivity contribution in [2.45, 2.75) is 32.7 Å². The molecule has 0 bridgehead atoms. The molecule has 3 N–H and O–H groups in total. The van der Waals surface area contributed by atoms with Gasteiger partial charge in [-0.3, -0.25) is 0 Å². The van der Waals surface area contributed by atoms with Crippen LogP contribution in [0.2, 0.25) is 0 Å². The van der Waals surface area contributed by atoms with Crippen LogP contribution >= 0.6 is 0 Å². The lowest BCUT2D eigenvalue weighted by atomic mass is 10.1. The van der Waals surface area contributed by atoms with Gasteiger partial charge in [0.05, 0.1) is 0 Å². The zero-order valence-corrected chi connectivity index (χ0v) is 13.2. The number of urea groups is 1. The van der Waals surface area contributed by atoms with Gasteiger partial charge >= 0.3 is 6.03 Å². The maximum Gasteiger partial charge on any atom is 0.319 e. The predicted molar refractivity (Wildman–Crippen MR) is 86.7 cm³/mol. The molecule has 1 atom stereocenters. The second kappa shape index (κ2) is 10.2. The fraction of sp³-hybridized carbons (Fsp3) is 0.562. The Kier molecular flexibility index (Phi) is 8.47. The van der Waals surface area contributed by atoms with E-state index in [0.29, 0.717) is 13.2 Å². The standard InChI is InChI=1S/C16H27N3O2/c1-4-9-17-13(2)14-7-5-8-15(12-14)19-16(20)18-10-6-11-21-3/h5,7-8,12-13,17H,4,6,9-11H2,1-3H3,(H2,18,19,20). The molecule has 1 aromatic rings. The van der Waals surface area contributed by atoms with Gasteiger partial charge in [0.25, 0.3) is 0 Å². The van der Waals surface area contributed by atoms with Crippen molar-refractivity contribution >= 4 is 11.7 Å². The summed E-state index contributed by atoms with van der Waals surface area (Å²) < 4.78 is 4.94. The predicted octanol–water partition coefficient (Wildman–Crippen LogP) is 2.91. The number of hydrogen-bond acceptors (Lipinski definition) is 3. The first-order chi connectivity index (χ1) is 10.2. The molecule has 0 spiro atoms. The number of amides is 2. The van der Waals surface area contributed by atoms with Crippen LogP contribution < -0.4 is 16.0 Å². The van der Waals surface area contributed by atoms with Crippen LogP contribution in [0.4, 0.5) is 10.5 Å². The van der Waals surface area contributed by atoms with Gasteiger partial charge in [0.2, 0.25) is 0 Å². The minimum Gasteiger partial charge on any atom is -0.385 e. The molecule has 0 aliphatic heterocycles. The number of carbonyl (C=O) groups excluding carboxylic acids is 1. The van der Waals surface area contributed by atoms with Crippen LogP contribution in [0.3, 0.4) is 0 Å². The zero-order chi connectivity index (χ0) is 15.5. The average Bonchev–Trinajstić information content (AvgIpc) is 2.49. The lowest BCUT2D eigenvalue weighted by molar-refractivity contribution is 0.194. The molecule has 1 aromatic carbocycles. The van der Waals surface area contributed by atoms with E-state index in [1.807, 2.05) is 18.2 Å². The third-order valence-corrected chi connectivity index (χ3v) is 3.16. The summed E-state index contributed by atoms with van der Waals surface area (Å²) in [6, 6.07) is 8.01. The maximum absolute atomic E-state index is 11.8. The van der Waals surface area contributed by atoms with E-state index in [4.69, 9.17) is 4.74 Å². The van der Waals surface area contributed by atoms with Crippen molar-refractivity contribution in [3.63, 3.8) is 0 Å². The first-order valence-electron chi connectivity index (χ1n) is 7.54. The molecular weight excluding hydrogens is 266 g/mol. The molecule has 0 radical (unpaired) electrons. The Balaban J connectivity index is 2.46. The molecule has 0 saturated heterocycles. The van der Waals surface area contributed by atoms with Crippen molar-refractivity contribution in [3.05, 3.63) is 29.8 Å². The molecule has 0 fully saturated rings. The van der Waals surface area contributed by atoms with Gasteiger partial charge in [-0.25, -0.2) is 4.79 Å². The van der Waals surface area contributed by atoms with E-state index >= 15 is 0 Å². The van der Waals surface area contributed by atoms with Gasteiger partial charge in [0, 0.05) is 32.0 Å². The highest BCUT2D eigenvalue weighted by Gasteiger charge is 2.06. The molecule has 2 amide bonds. The summed E-state index contributed by atoms with van der Waals surface area (Å²) in [5, 5.41) is 9.09. The molecule has 5 heteroatoms. The number of hydrogen-bond donors (Lipinski definition) is 3. The van der Waals surface area contributed by atoms with Crippen LogP contribution in [0.5, 0.6) is 0 Å². The monoisotopic (exact) mass is 293 g/mol. The molecule has 0 aliphatic carbocycles. The fourth-order valence-electron chi connectivity index (χ4n) is 1.96. The van der Waals surface area contributed by atoms with Crippen LogP contribution in [0.25, 0.3) is 0 Å². The van der Waals surface area contributed by atoms with E-state index < -0.39 is 0 Å². The minimum absolute atomic E-state index is 0.183. The Morgan fingerprint density at radius 1 is 1.33 bits per heavy atom. The Morgan fingerprint density at radius 3 is 2.86 bits per heavy atom. The lowest BCUT2D eigenvalue weighted by Gasteiger charge is -2.15. The lowest BCUT2D eigenvalue weighted by Crippen LogP contribution is -2.30. The highest BCUT2D eigenvalue weighted by Crippen LogP contribution is 2.17. The van der Waals surface area contributed by atoms with Crippen LogP contribution in [0.1, 0.15) is 38.3 Å². The van der Waals surface area contributed by atoms with Gasteiger partial charge in [-0.15, -0.1) is 0 Å². The van der Waals surface area contributed by atoms with Gasteiger partial charge in [-0.2, -0.15) is 0 Å². The molecule has 0 saturated carbocycles. The van der Waals surface area contributed by atoms with E-state index in [1.54, 1.807) is 7.11 Å². The molecule has 118 valence electrons. The van der Waals surface area contributed by atoms with Crippen molar-refractivity contribution in [2.24, 2.45) is 0 Å². The van der Waals surface area contributed by atoms with Crippen molar-refractivity contribution in [3.8, 4) is 0 Å². The minimum atomic E-state index is -0.183. The largest absolute Gasteiger partial charge is 0.385 e. The first kappa shape index (κ1) is 17.5. The topological polar surface area (TPSA) is 62.4 Å². The van der Waals surface area contributed by atoms with E-state index in [1.165, 1.54) is 5.56 Å². The Morgan fingerprint density at radius 2 is 2.14 bits per heavy atom. The third kappa shape index (κ3) is 7.11. The van der Waals surface area contributed by atoms with Gasteiger partial charge in [-0.1, -0.05) is 19.1 Å². The van der Waals surface area contributed by atoms with Crippen LogP contribution in [-0.4, -0.2) is 32.8 Å². The molecule has 1 rings (SSSR count). The van der Waals surface area contributed by atoms with Crippen molar-refractivity contribution < 1.29 is 9.53 Å². The first-order valence-corrected chi connectivity index (χ1v) is 7.54. The van der Waals surface area contributed by atoms with Gasteiger partial charge in [0.15, 0.2) is 0 Å². The Hall–Kier alpha value is -1.59. The summed E-state index contributed by atoms with van der Waals surface area (Å²) in [7, 11) is 1.65. The third-order valence-electron chi connectivity index (χ3n) is 3.16. The maximum atomic E-state index is 11.8. The van der Waals surface area contributed by atoms with E-state index in [0.717, 1.165) is 25.1 Å². The molecule has 0 heterocycles. The number of carbonyl (C=O) groups is 1. The Bertz CT molecular complexity index is 424. The summed E-state index contributed by atoms with van der Waals surface area (Å²) in [5.41, 5.74) is 1.97. The molecule has 0 aromatic heterocycles. The van der Waals surface area contributed by atoms with Crippen LogP contribution in [0, 0.1) is 0 Å². The number of nitrogens with one attached hydrogen (secondary N) is 3. The number of benzene rings is 1. The van der Waals surface area contributed by atoms with Gasteiger partial charge < -0.3 is 20.7 Å². The zero-order valence-electron chi connectivity index (χ0n) is 13.2. The fourth-order valence-corrected chi connectivity index (χ4v) is 1.96. The molecule has 0 aliphatic rings. The second-order valence-electron chi connectivity index (χ2n) is 5.03. The number of ether oxygens (including phenoxy) is 1. The van der Waals surface area contributed by atoms with E-state index in [2.05, 4.69) is 35.9 Å². The molecular formula is C16H27N3O2. The normalized spacial score (nSPS) is 12.0. The summed E-state index contributed by atoms with van der Waals surface area (Å²) in [5.74, 6) is 0. The number of methoxy groups -OCH3 is 1. The van der Waals surface area contributed by atoms with Crippen molar-refractivity contribution in [1.82, 2.24) is 10.6 Å². The van der Waals surface area contributed by atoms with Gasteiger partial charge in [-0.05, 0) is 44.0 Å². The SMILES string of the molecule is CCCNC(C)c1cccc(NC(=O)NCCCOC)c1. The van der Waals surface area contributed by atoms with Crippen molar-refractivity contribution in [1.29, 1.82) is 0 Å². The smallest absolute Gasteiger partial charge is 0.319 e. The number of anilines is 1. The Labute approximate surface area is 127 Å². The van der Waals surface area contributed by atoms with E-state index in [-0.39, 0.29) is 12.1 Å². The quantitative estimate of drug-likeness (QED) is 0.613. The van der Waals surface area contributed by atoms with Crippen LogP contribution in [0.15, 0.2) is 24.3 Å². The second-order valence-corrected chi connectivity index (χ2v) is 5.03. The number of rotatable bonds is 9. The molecule has 1 unspecified atom stereocenters. The van der Waals surface area contributed by atoms with Gasteiger partial charge in [0.1, 0.15) is 0 Å². The summed E-state index contributed by atoms with van der Waals surface area (Å²) in [4.78, 5) is 11.8. The molecule has 21 heavy (non-hydrogen) atoms.